The number of esters is 1. The molecule has 0 aromatic heterocycles. The molecule has 0 bridgehead atoms. The minimum Gasteiger partial charge on any atom is -0.497 e. The summed E-state index contributed by atoms with van der Waals surface area (Å²) in [5, 5.41) is 3.00. The Labute approximate surface area is 112 Å². The molecule has 1 aromatic rings. The molecule has 0 spiro atoms. The second-order valence-corrected chi connectivity index (χ2v) is 4.08. The fourth-order valence-corrected chi connectivity index (χ4v) is 1.61. The lowest BCUT2D eigenvalue weighted by atomic mass is 10.1. The maximum absolute atomic E-state index is 11.7. The normalized spacial score (nSPS) is 11.5. The van der Waals surface area contributed by atoms with Crippen molar-refractivity contribution in [2.75, 3.05) is 19.0 Å². The van der Waals surface area contributed by atoms with E-state index in [1.54, 1.807) is 38.3 Å². The Bertz CT molecular complexity index is 428. The van der Waals surface area contributed by atoms with E-state index in [0.29, 0.717) is 0 Å². The van der Waals surface area contributed by atoms with E-state index in [1.807, 2.05) is 0 Å². The van der Waals surface area contributed by atoms with Gasteiger partial charge in [-0.2, -0.15) is 0 Å². The van der Waals surface area contributed by atoms with E-state index >= 15 is 0 Å². The van der Waals surface area contributed by atoms with Crippen LogP contribution in [0.4, 0.5) is 5.69 Å². The lowest BCUT2D eigenvalue weighted by Crippen LogP contribution is -2.33. The molecule has 5 heteroatoms. The van der Waals surface area contributed by atoms with Crippen LogP contribution in [0, 0.1) is 0 Å². The van der Waals surface area contributed by atoms with Crippen LogP contribution in [-0.4, -0.2) is 31.5 Å². The number of methoxy groups -OCH3 is 1. The van der Waals surface area contributed by atoms with Crippen LogP contribution in [0.15, 0.2) is 24.3 Å². The number of benzene rings is 1. The van der Waals surface area contributed by atoms with E-state index < -0.39 is 12.0 Å². The van der Waals surface area contributed by atoms with Gasteiger partial charge in [0.05, 0.1) is 13.7 Å². The molecule has 0 aliphatic carbocycles. The van der Waals surface area contributed by atoms with Crippen molar-refractivity contribution in [2.24, 2.45) is 0 Å². The Morgan fingerprint density at radius 3 is 2.37 bits per heavy atom. The predicted molar refractivity (Wildman–Crippen MR) is 72.3 cm³/mol. The highest BCUT2D eigenvalue weighted by atomic mass is 16.5. The summed E-state index contributed by atoms with van der Waals surface area (Å²) in [5.41, 5.74) is 0.736. The highest BCUT2D eigenvalue weighted by Gasteiger charge is 2.21. The Kier molecular flexibility index (Phi) is 5.85. The molecule has 1 atom stereocenters. The van der Waals surface area contributed by atoms with E-state index in [-0.39, 0.29) is 18.8 Å². The van der Waals surface area contributed by atoms with Crippen molar-refractivity contribution >= 4 is 17.4 Å². The van der Waals surface area contributed by atoms with Crippen LogP contribution in [0.2, 0.25) is 0 Å². The zero-order chi connectivity index (χ0) is 14.3. The van der Waals surface area contributed by atoms with Gasteiger partial charge in [0.1, 0.15) is 17.6 Å². The molecule has 0 radical (unpaired) electrons. The minimum absolute atomic E-state index is 0.0703. The van der Waals surface area contributed by atoms with Crippen molar-refractivity contribution in [1.29, 1.82) is 0 Å². The number of ether oxygens (including phenoxy) is 2. The number of carbonyl (C=O) groups excluding carboxylic acids is 2. The average Bonchev–Trinajstić information content (AvgIpc) is 2.38. The number of hydrogen-bond acceptors (Lipinski definition) is 5. The monoisotopic (exact) mass is 265 g/mol. The van der Waals surface area contributed by atoms with E-state index in [2.05, 4.69) is 5.32 Å². The Morgan fingerprint density at radius 2 is 1.89 bits per heavy atom. The fourth-order valence-electron chi connectivity index (χ4n) is 1.61. The van der Waals surface area contributed by atoms with Crippen LogP contribution >= 0.6 is 0 Å². The second kappa shape index (κ2) is 7.41. The SMILES string of the molecule is CCOC(=O)C(CC(C)=O)Nc1ccc(OC)cc1. The molecule has 0 amide bonds. The molecule has 0 saturated carbocycles. The summed E-state index contributed by atoms with van der Waals surface area (Å²) in [7, 11) is 1.58. The van der Waals surface area contributed by atoms with Gasteiger partial charge in [-0.25, -0.2) is 4.79 Å². The maximum atomic E-state index is 11.7. The van der Waals surface area contributed by atoms with E-state index in [0.717, 1.165) is 11.4 Å². The summed E-state index contributed by atoms with van der Waals surface area (Å²) in [4.78, 5) is 22.9. The van der Waals surface area contributed by atoms with Crippen molar-refractivity contribution in [3.63, 3.8) is 0 Å². The predicted octanol–water partition coefficient (Wildman–Crippen LogP) is 2.02. The molecule has 5 nitrogen and oxygen atoms in total. The first-order chi connectivity index (χ1) is 9.06. The van der Waals surface area contributed by atoms with Crippen molar-refractivity contribution in [2.45, 2.75) is 26.3 Å². The molecule has 1 unspecified atom stereocenters. The average molecular weight is 265 g/mol. The number of anilines is 1. The summed E-state index contributed by atoms with van der Waals surface area (Å²) in [5.74, 6) is 0.234. The molecule has 0 aliphatic heterocycles. The van der Waals surface area contributed by atoms with Gasteiger partial charge in [-0.15, -0.1) is 0 Å². The van der Waals surface area contributed by atoms with Gasteiger partial charge in [-0.1, -0.05) is 0 Å². The molecule has 1 aromatic carbocycles. The van der Waals surface area contributed by atoms with Gasteiger partial charge in [-0.05, 0) is 38.1 Å². The highest BCUT2D eigenvalue weighted by molar-refractivity contribution is 5.87. The molecule has 0 saturated heterocycles. The largest absolute Gasteiger partial charge is 0.497 e. The van der Waals surface area contributed by atoms with Gasteiger partial charge in [0, 0.05) is 12.1 Å². The molecule has 0 heterocycles. The Morgan fingerprint density at radius 1 is 1.26 bits per heavy atom. The van der Waals surface area contributed by atoms with Crippen LogP contribution < -0.4 is 10.1 Å². The third-order valence-corrected chi connectivity index (χ3v) is 2.49. The number of Topliss-reactive ketones (excluding diaryl/α,β-unsaturated/α-hetero) is 1. The number of carbonyl (C=O) groups is 2. The first-order valence-electron chi connectivity index (χ1n) is 6.13. The number of ketones is 1. The van der Waals surface area contributed by atoms with E-state index in [9.17, 15) is 9.59 Å². The third-order valence-electron chi connectivity index (χ3n) is 2.49. The maximum Gasteiger partial charge on any atom is 0.329 e. The fraction of sp³-hybridized carbons (Fsp3) is 0.429. The van der Waals surface area contributed by atoms with Gasteiger partial charge < -0.3 is 14.8 Å². The number of hydrogen-bond donors (Lipinski definition) is 1. The van der Waals surface area contributed by atoms with Gasteiger partial charge in [0.2, 0.25) is 0 Å². The van der Waals surface area contributed by atoms with Crippen LogP contribution in [0.3, 0.4) is 0 Å². The molecular weight excluding hydrogens is 246 g/mol. The van der Waals surface area contributed by atoms with Gasteiger partial charge in [-0.3, -0.25) is 4.79 Å². The summed E-state index contributed by atoms with van der Waals surface area (Å²) in [6.07, 6.45) is 0.102. The lowest BCUT2D eigenvalue weighted by Gasteiger charge is -2.17. The Hall–Kier alpha value is -2.04. The summed E-state index contributed by atoms with van der Waals surface area (Å²) < 4.78 is 9.99. The topological polar surface area (TPSA) is 64.6 Å². The number of rotatable bonds is 7. The van der Waals surface area contributed by atoms with Crippen molar-refractivity contribution < 1.29 is 19.1 Å². The quantitative estimate of drug-likeness (QED) is 0.764. The van der Waals surface area contributed by atoms with Crippen LogP contribution in [0.5, 0.6) is 5.75 Å². The van der Waals surface area contributed by atoms with Gasteiger partial charge >= 0.3 is 5.97 Å². The molecule has 1 N–H and O–H groups in total. The Balaban J connectivity index is 2.74. The van der Waals surface area contributed by atoms with Crippen molar-refractivity contribution in [1.82, 2.24) is 0 Å². The number of nitrogens with one attached hydrogen (secondary N) is 1. The van der Waals surface area contributed by atoms with Crippen LogP contribution in [-0.2, 0) is 14.3 Å². The van der Waals surface area contributed by atoms with E-state index in [1.165, 1.54) is 6.92 Å². The van der Waals surface area contributed by atoms with Gasteiger partial charge in [0.15, 0.2) is 0 Å². The third kappa shape index (κ3) is 4.99. The first kappa shape index (κ1) is 15.0. The van der Waals surface area contributed by atoms with Gasteiger partial charge in [0.25, 0.3) is 0 Å². The van der Waals surface area contributed by atoms with Crippen molar-refractivity contribution in [3.05, 3.63) is 24.3 Å². The van der Waals surface area contributed by atoms with Crippen molar-refractivity contribution in [3.8, 4) is 5.75 Å². The van der Waals surface area contributed by atoms with E-state index in [4.69, 9.17) is 9.47 Å². The second-order valence-electron chi connectivity index (χ2n) is 4.08. The summed E-state index contributed by atoms with van der Waals surface area (Å²) >= 11 is 0. The summed E-state index contributed by atoms with van der Waals surface area (Å²) in [6, 6.07) is 6.46. The highest BCUT2D eigenvalue weighted by Crippen LogP contribution is 2.17. The zero-order valence-corrected chi connectivity index (χ0v) is 11.4. The molecular formula is C14H19NO4. The molecule has 0 fully saturated rings. The summed E-state index contributed by atoms with van der Waals surface area (Å²) in [6.45, 7) is 3.47. The zero-order valence-electron chi connectivity index (χ0n) is 11.4. The van der Waals surface area contributed by atoms with Crippen LogP contribution in [0.25, 0.3) is 0 Å². The molecule has 104 valence electrons. The first-order valence-corrected chi connectivity index (χ1v) is 6.13. The molecule has 0 aliphatic rings. The molecule has 19 heavy (non-hydrogen) atoms. The minimum atomic E-state index is -0.661. The lowest BCUT2D eigenvalue weighted by molar-refractivity contribution is -0.145. The standard InChI is InChI=1S/C14H19NO4/c1-4-19-14(17)13(9-10(2)16)15-11-5-7-12(18-3)8-6-11/h5-8,13,15H,4,9H2,1-3H3. The molecule has 1 rings (SSSR count). The smallest absolute Gasteiger partial charge is 0.329 e. The van der Waals surface area contributed by atoms with Crippen LogP contribution in [0.1, 0.15) is 20.3 Å².